The minimum Gasteiger partial charge on any atom is -0.504 e. The molecule has 1 unspecified atom stereocenters. The molecule has 0 saturated heterocycles. The van der Waals surface area contributed by atoms with Gasteiger partial charge in [-0.1, -0.05) is 28.1 Å². The number of hydrogen-bond donors (Lipinski definition) is 2. The van der Waals surface area contributed by atoms with Gasteiger partial charge in [0, 0.05) is 15.9 Å². The van der Waals surface area contributed by atoms with Gasteiger partial charge in [0.05, 0.1) is 25.3 Å². The Kier molecular flexibility index (Phi) is 6.44. The Bertz CT molecular complexity index is 992. The van der Waals surface area contributed by atoms with Gasteiger partial charge in [-0.2, -0.15) is 0 Å². The number of aromatic hydroxyl groups is 1. The number of nitrogens with one attached hydrogen (secondary N) is 1. The smallest absolute Gasteiger partial charge is 0.337 e. The molecule has 6 nitrogen and oxygen atoms in total. The number of halogens is 1. The second-order valence-electron chi connectivity index (χ2n) is 6.35. The summed E-state index contributed by atoms with van der Waals surface area (Å²) in [7, 11) is 1.35. The number of thiocarbonyl (C=S) groups is 1. The van der Waals surface area contributed by atoms with Gasteiger partial charge in [0.25, 0.3) is 0 Å². The highest BCUT2D eigenvalue weighted by Crippen LogP contribution is 2.37. The van der Waals surface area contributed by atoms with Crippen LogP contribution in [0.15, 0.2) is 58.2 Å². The Hall–Kier alpha value is -2.58. The molecule has 0 spiro atoms. The quantitative estimate of drug-likeness (QED) is 0.488. The minimum absolute atomic E-state index is 0.0325. The van der Waals surface area contributed by atoms with Crippen molar-refractivity contribution in [3.05, 3.63) is 63.8 Å². The predicted molar refractivity (Wildman–Crippen MR) is 119 cm³/mol. The van der Waals surface area contributed by atoms with E-state index in [0.29, 0.717) is 28.7 Å². The Morgan fingerprint density at radius 1 is 1.31 bits per heavy atom. The molecule has 0 amide bonds. The molecule has 0 aromatic heterocycles. The lowest BCUT2D eigenvalue weighted by Gasteiger charge is -2.37. The van der Waals surface area contributed by atoms with Crippen LogP contribution in [-0.4, -0.2) is 29.9 Å². The fourth-order valence-electron chi connectivity index (χ4n) is 3.27. The third-order valence-electron chi connectivity index (χ3n) is 4.57. The van der Waals surface area contributed by atoms with Gasteiger partial charge in [0.1, 0.15) is 0 Å². The largest absolute Gasteiger partial charge is 0.504 e. The number of allylic oxidation sites excluding steroid dienone is 1. The molecule has 1 heterocycles. The minimum atomic E-state index is -0.543. The van der Waals surface area contributed by atoms with E-state index >= 15 is 0 Å². The lowest BCUT2D eigenvalue weighted by atomic mass is 9.94. The molecule has 2 aromatic rings. The molecule has 3 rings (SSSR count). The summed E-state index contributed by atoms with van der Waals surface area (Å²) in [5.74, 6) is -0.0902. The summed E-state index contributed by atoms with van der Waals surface area (Å²) in [6.07, 6.45) is 0. The van der Waals surface area contributed by atoms with E-state index in [-0.39, 0.29) is 5.75 Å². The number of esters is 1. The van der Waals surface area contributed by atoms with Gasteiger partial charge in [-0.3, -0.25) is 4.90 Å². The molecule has 2 aromatic carbocycles. The molecule has 152 valence electrons. The van der Waals surface area contributed by atoms with E-state index in [4.69, 9.17) is 21.7 Å². The van der Waals surface area contributed by atoms with Crippen molar-refractivity contribution in [2.75, 3.05) is 18.6 Å². The highest BCUT2D eigenvalue weighted by Gasteiger charge is 2.35. The summed E-state index contributed by atoms with van der Waals surface area (Å²) in [5, 5.41) is 13.7. The highest BCUT2D eigenvalue weighted by molar-refractivity contribution is 9.10. The molecule has 0 fully saturated rings. The van der Waals surface area contributed by atoms with Crippen LogP contribution in [-0.2, 0) is 9.53 Å². The first-order valence-corrected chi connectivity index (χ1v) is 10.2. The van der Waals surface area contributed by atoms with Crippen molar-refractivity contribution >= 4 is 44.9 Å². The zero-order valence-corrected chi connectivity index (χ0v) is 18.6. The Morgan fingerprint density at radius 3 is 2.72 bits per heavy atom. The Balaban J connectivity index is 2.13. The van der Waals surface area contributed by atoms with Crippen molar-refractivity contribution in [1.29, 1.82) is 0 Å². The lowest BCUT2D eigenvalue weighted by Crippen LogP contribution is -2.48. The maximum absolute atomic E-state index is 12.7. The van der Waals surface area contributed by atoms with Gasteiger partial charge in [-0.15, -0.1) is 0 Å². The third-order valence-corrected chi connectivity index (χ3v) is 5.37. The van der Waals surface area contributed by atoms with Crippen LogP contribution in [0.4, 0.5) is 5.69 Å². The van der Waals surface area contributed by atoms with Gasteiger partial charge < -0.3 is 19.9 Å². The molecule has 1 aliphatic rings. The molecular weight excluding hydrogens is 456 g/mol. The van der Waals surface area contributed by atoms with Crippen LogP contribution in [0.5, 0.6) is 11.5 Å². The summed E-state index contributed by atoms with van der Waals surface area (Å²) in [6.45, 7) is 4.07. The van der Waals surface area contributed by atoms with E-state index in [2.05, 4.69) is 21.2 Å². The van der Waals surface area contributed by atoms with E-state index < -0.39 is 12.0 Å². The van der Waals surface area contributed by atoms with Crippen molar-refractivity contribution < 1.29 is 19.4 Å². The number of phenolic OH excluding ortho intramolecular Hbond substituents is 1. The van der Waals surface area contributed by atoms with Crippen molar-refractivity contribution in [2.24, 2.45) is 0 Å². The van der Waals surface area contributed by atoms with E-state index in [9.17, 15) is 9.90 Å². The average molecular weight is 477 g/mol. The van der Waals surface area contributed by atoms with Gasteiger partial charge in [0.2, 0.25) is 0 Å². The second kappa shape index (κ2) is 8.84. The molecule has 1 atom stereocenters. The predicted octanol–water partition coefficient (Wildman–Crippen LogP) is 4.44. The number of rotatable bonds is 5. The SMILES string of the molecule is CCOc1cc(C2NC(=S)N(c3cccc(Br)c3)C(C)=C2C(=O)OC)ccc1O. The van der Waals surface area contributed by atoms with E-state index in [1.54, 1.807) is 17.0 Å². The standard InChI is InChI=1S/C21H21BrN2O4S/c1-4-28-17-10-13(8-9-16(17)25)19-18(20(26)27-3)12(2)24(21(29)23-19)15-7-5-6-14(22)11-15/h5-11,19,25H,4H2,1-3H3,(H,23,29). The molecule has 1 aliphatic heterocycles. The highest BCUT2D eigenvalue weighted by atomic mass is 79.9. The van der Waals surface area contributed by atoms with E-state index in [1.165, 1.54) is 13.2 Å². The van der Waals surface area contributed by atoms with E-state index in [0.717, 1.165) is 15.7 Å². The lowest BCUT2D eigenvalue weighted by molar-refractivity contribution is -0.136. The maximum Gasteiger partial charge on any atom is 0.337 e. The number of nitrogens with zero attached hydrogens (tertiary/aromatic N) is 1. The number of carbonyl (C=O) groups excluding carboxylic acids is 1. The topological polar surface area (TPSA) is 71.0 Å². The van der Waals surface area contributed by atoms with Crippen molar-refractivity contribution in [1.82, 2.24) is 5.32 Å². The molecule has 0 bridgehead atoms. The molecule has 2 N–H and O–H groups in total. The van der Waals surface area contributed by atoms with Gasteiger partial charge in [0.15, 0.2) is 16.6 Å². The van der Waals surface area contributed by atoms with Crippen LogP contribution in [0.2, 0.25) is 0 Å². The number of anilines is 1. The number of methoxy groups -OCH3 is 1. The number of carbonyl (C=O) groups is 1. The molecule has 0 saturated carbocycles. The zero-order valence-electron chi connectivity index (χ0n) is 16.2. The fraction of sp³-hybridized carbons (Fsp3) is 0.238. The normalized spacial score (nSPS) is 16.5. The number of hydrogen-bond acceptors (Lipinski definition) is 5. The summed E-state index contributed by atoms with van der Waals surface area (Å²) in [6, 6.07) is 12.1. The summed E-state index contributed by atoms with van der Waals surface area (Å²) >= 11 is 9.09. The number of phenols is 1. The maximum atomic E-state index is 12.7. The van der Waals surface area contributed by atoms with Crippen LogP contribution in [0.1, 0.15) is 25.5 Å². The molecule has 0 radical (unpaired) electrons. The molecule has 8 heteroatoms. The summed E-state index contributed by atoms with van der Waals surface area (Å²) in [5.41, 5.74) is 2.63. The van der Waals surface area contributed by atoms with Gasteiger partial charge in [-0.05, 0) is 62.0 Å². The Labute approximate surface area is 183 Å². The van der Waals surface area contributed by atoms with Crippen molar-refractivity contribution in [3.8, 4) is 11.5 Å². The number of ether oxygens (including phenoxy) is 2. The van der Waals surface area contributed by atoms with Crippen LogP contribution >= 0.6 is 28.1 Å². The fourth-order valence-corrected chi connectivity index (χ4v) is 4.02. The zero-order chi connectivity index (χ0) is 21.1. The van der Waals surface area contributed by atoms with Gasteiger partial charge in [-0.25, -0.2) is 4.79 Å². The third kappa shape index (κ3) is 4.23. The molecular formula is C21H21BrN2O4S. The monoisotopic (exact) mass is 476 g/mol. The Morgan fingerprint density at radius 2 is 2.07 bits per heavy atom. The average Bonchev–Trinajstić information content (AvgIpc) is 2.69. The van der Waals surface area contributed by atoms with Gasteiger partial charge >= 0.3 is 5.97 Å². The van der Waals surface area contributed by atoms with Crippen molar-refractivity contribution in [2.45, 2.75) is 19.9 Å². The van der Waals surface area contributed by atoms with E-state index in [1.807, 2.05) is 38.1 Å². The number of benzene rings is 2. The first kappa shape index (κ1) is 21.1. The van der Waals surface area contributed by atoms with Crippen molar-refractivity contribution in [3.63, 3.8) is 0 Å². The molecule has 0 aliphatic carbocycles. The summed E-state index contributed by atoms with van der Waals surface area (Å²) < 4.78 is 11.4. The van der Waals surface area contributed by atoms with Crippen LogP contribution in [0.25, 0.3) is 0 Å². The van der Waals surface area contributed by atoms with Crippen LogP contribution in [0, 0.1) is 0 Å². The molecule has 29 heavy (non-hydrogen) atoms. The first-order valence-electron chi connectivity index (χ1n) is 8.98. The summed E-state index contributed by atoms with van der Waals surface area (Å²) in [4.78, 5) is 14.5. The second-order valence-corrected chi connectivity index (χ2v) is 7.65. The first-order chi connectivity index (χ1) is 13.9. The van der Waals surface area contributed by atoms with Crippen LogP contribution < -0.4 is 15.0 Å². The van der Waals surface area contributed by atoms with Crippen LogP contribution in [0.3, 0.4) is 0 Å².